The van der Waals surface area contributed by atoms with Crippen LogP contribution in [0.2, 0.25) is 0 Å². The minimum Gasteiger partial charge on any atom is -0.483 e. The molecule has 9 nitrogen and oxygen atoms in total. The van der Waals surface area contributed by atoms with Crippen molar-refractivity contribution in [3.05, 3.63) is 86.3 Å². The van der Waals surface area contributed by atoms with Crippen LogP contribution in [0.1, 0.15) is 107 Å². The van der Waals surface area contributed by atoms with E-state index in [1.807, 2.05) is 27.7 Å². The SMILES string of the molecule is COC[C@@H](CCO)c1cc2ccc3c(c2oc1=O)[C@H]1OC(=O)CC2(CCCC2)Cc2ccc(cc2)CCC(=C(C)C)C(=O)O[C@@H]1C(C)(C)O3. The molecule has 1 N–H and O–H groups in total. The summed E-state index contributed by atoms with van der Waals surface area (Å²) in [6.45, 7) is 7.51. The summed E-state index contributed by atoms with van der Waals surface area (Å²) >= 11 is 0. The minimum atomic E-state index is -1.11. The quantitative estimate of drug-likeness (QED) is 0.173. The van der Waals surface area contributed by atoms with E-state index in [9.17, 15) is 19.5 Å². The van der Waals surface area contributed by atoms with E-state index in [-0.39, 0.29) is 36.6 Å². The molecule has 2 bridgehead atoms. The monoisotopic (exact) mass is 672 g/mol. The van der Waals surface area contributed by atoms with Crippen molar-refractivity contribution in [2.75, 3.05) is 20.3 Å². The lowest BCUT2D eigenvalue weighted by Gasteiger charge is -2.43. The standard InChI is InChI=1S/C40H48O9/c1-24(2)29-14-12-25-8-10-26(11-9-25)21-40(17-6-7-18-40)22-32(42)46-35-33-31(49-39(3,4)36(35)48-37(29)43)15-13-27-20-30(38(44)47-34(27)33)28(16-19-41)23-45-5/h8-11,13,15,20,28,35-36,41H,6-7,12,14,16-19,21-23H2,1-5H3/t28-,35-,36+/m1/s1. The maximum Gasteiger partial charge on any atom is 0.339 e. The van der Waals surface area contributed by atoms with Gasteiger partial charge in [0.1, 0.15) is 16.9 Å². The third-order valence-electron chi connectivity index (χ3n) is 10.6. The molecule has 262 valence electrons. The summed E-state index contributed by atoms with van der Waals surface area (Å²) in [6.07, 6.45) is 4.22. The Labute approximate surface area is 287 Å². The Morgan fingerprint density at radius 1 is 0.959 bits per heavy atom. The lowest BCUT2D eigenvalue weighted by atomic mass is 9.77. The number of aliphatic hydroxyl groups is 1. The predicted octanol–water partition coefficient (Wildman–Crippen LogP) is 7.05. The second kappa shape index (κ2) is 14.1. The number of esters is 2. The fourth-order valence-electron chi connectivity index (χ4n) is 8.01. The summed E-state index contributed by atoms with van der Waals surface area (Å²) in [5, 5.41) is 10.2. The first kappa shape index (κ1) is 34.9. The molecule has 1 saturated carbocycles. The summed E-state index contributed by atoms with van der Waals surface area (Å²) in [7, 11) is 1.54. The van der Waals surface area contributed by atoms with Crippen molar-refractivity contribution in [1.29, 1.82) is 0 Å². The van der Waals surface area contributed by atoms with Crippen molar-refractivity contribution < 1.29 is 38.1 Å². The smallest absolute Gasteiger partial charge is 0.339 e. The number of benzene rings is 2. The predicted molar refractivity (Wildman–Crippen MR) is 185 cm³/mol. The first-order valence-corrected chi connectivity index (χ1v) is 17.5. The van der Waals surface area contributed by atoms with Crippen molar-refractivity contribution in [2.24, 2.45) is 5.41 Å². The van der Waals surface area contributed by atoms with E-state index in [2.05, 4.69) is 24.3 Å². The van der Waals surface area contributed by atoms with Gasteiger partial charge in [0.15, 0.2) is 12.2 Å². The molecule has 0 unspecified atom stereocenters. The first-order valence-electron chi connectivity index (χ1n) is 17.5. The van der Waals surface area contributed by atoms with Gasteiger partial charge < -0.3 is 28.5 Å². The van der Waals surface area contributed by atoms with Crippen LogP contribution >= 0.6 is 0 Å². The van der Waals surface area contributed by atoms with E-state index >= 15 is 0 Å². The largest absolute Gasteiger partial charge is 0.483 e. The molecule has 0 saturated heterocycles. The molecule has 3 aliphatic heterocycles. The average molecular weight is 673 g/mol. The van der Waals surface area contributed by atoms with Gasteiger partial charge in [-0.3, -0.25) is 4.79 Å². The van der Waals surface area contributed by atoms with Crippen molar-refractivity contribution in [1.82, 2.24) is 0 Å². The third-order valence-corrected chi connectivity index (χ3v) is 10.6. The van der Waals surface area contributed by atoms with Crippen LogP contribution in [0.4, 0.5) is 0 Å². The number of methoxy groups -OCH3 is 1. The minimum absolute atomic E-state index is 0.121. The fourth-order valence-corrected chi connectivity index (χ4v) is 8.01. The van der Waals surface area contributed by atoms with Gasteiger partial charge in [-0.1, -0.05) is 42.7 Å². The van der Waals surface area contributed by atoms with E-state index in [1.54, 1.807) is 25.3 Å². The van der Waals surface area contributed by atoms with Crippen LogP contribution in [-0.4, -0.2) is 49.1 Å². The maximum atomic E-state index is 14.2. The van der Waals surface area contributed by atoms with Crippen LogP contribution < -0.4 is 10.4 Å². The number of aliphatic hydroxyl groups excluding tert-OH is 1. The van der Waals surface area contributed by atoms with Gasteiger partial charge in [-0.05, 0) is 101 Å². The molecule has 0 amide bonds. The number of ether oxygens (including phenoxy) is 4. The molecule has 3 atom stereocenters. The van der Waals surface area contributed by atoms with Gasteiger partial charge >= 0.3 is 17.6 Å². The second-order valence-corrected chi connectivity index (χ2v) is 14.8. The summed E-state index contributed by atoms with van der Waals surface area (Å²) < 4.78 is 30.6. The molecule has 1 aromatic heterocycles. The molecule has 2 aromatic carbocycles. The Morgan fingerprint density at radius 3 is 2.35 bits per heavy atom. The molecule has 0 radical (unpaired) electrons. The highest BCUT2D eigenvalue weighted by molar-refractivity contribution is 5.90. The average Bonchev–Trinajstić information content (AvgIpc) is 3.49. The van der Waals surface area contributed by atoms with E-state index in [1.165, 1.54) is 5.56 Å². The molecule has 49 heavy (non-hydrogen) atoms. The summed E-state index contributed by atoms with van der Waals surface area (Å²) in [5.74, 6) is -0.897. The summed E-state index contributed by atoms with van der Waals surface area (Å²) in [5.41, 5.74) is 2.69. The van der Waals surface area contributed by atoms with Gasteiger partial charge in [-0.25, -0.2) is 9.59 Å². The topological polar surface area (TPSA) is 122 Å². The van der Waals surface area contributed by atoms with Gasteiger partial charge in [0.05, 0.1) is 18.6 Å². The van der Waals surface area contributed by atoms with Crippen molar-refractivity contribution >= 4 is 22.9 Å². The van der Waals surface area contributed by atoms with Crippen LogP contribution in [-0.2, 0) is 36.6 Å². The van der Waals surface area contributed by atoms with Gasteiger partial charge in [-0.2, -0.15) is 0 Å². The van der Waals surface area contributed by atoms with Crippen LogP contribution in [0.25, 0.3) is 11.0 Å². The second-order valence-electron chi connectivity index (χ2n) is 14.8. The highest BCUT2D eigenvalue weighted by Crippen LogP contribution is 2.49. The number of hydrogen-bond donors (Lipinski definition) is 1. The number of carbonyl (C=O) groups excluding carboxylic acids is 2. The zero-order chi connectivity index (χ0) is 34.9. The lowest BCUT2D eigenvalue weighted by Crippen LogP contribution is -2.52. The van der Waals surface area contributed by atoms with Gasteiger partial charge in [0, 0.05) is 36.2 Å². The summed E-state index contributed by atoms with van der Waals surface area (Å²) in [4.78, 5) is 41.7. The molecular formula is C40H48O9. The molecular weight excluding hydrogens is 624 g/mol. The van der Waals surface area contributed by atoms with Crippen LogP contribution in [0.15, 0.2) is 62.8 Å². The van der Waals surface area contributed by atoms with E-state index < -0.39 is 35.4 Å². The van der Waals surface area contributed by atoms with Crippen molar-refractivity contribution in [3.63, 3.8) is 0 Å². The lowest BCUT2D eigenvalue weighted by molar-refractivity contribution is -0.189. The summed E-state index contributed by atoms with van der Waals surface area (Å²) in [6, 6.07) is 13.8. The highest BCUT2D eigenvalue weighted by atomic mass is 16.6. The van der Waals surface area contributed by atoms with E-state index in [0.717, 1.165) is 43.2 Å². The fraction of sp³-hybridized carbons (Fsp3) is 0.525. The van der Waals surface area contributed by atoms with Crippen molar-refractivity contribution in [3.8, 4) is 5.75 Å². The van der Waals surface area contributed by atoms with Crippen LogP contribution in [0.3, 0.4) is 0 Å². The Hall–Kier alpha value is -3.95. The number of fused-ring (bicyclic) bond motifs is 11. The molecule has 4 aliphatic rings. The molecule has 1 fully saturated rings. The molecule has 7 rings (SSSR count). The molecule has 4 heterocycles. The van der Waals surface area contributed by atoms with Crippen LogP contribution in [0, 0.1) is 5.41 Å². The highest BCUT2D eigenvalue weighted by Gasteiger charge is 2.51. The number of aryl methyl sites for hydroxylation is 1. The molecule has 1 aliphatic carbocycles. The normalized spacial score (nSPS) is 22.6. The number of hydrogen-bond acceptors (Lipinski definition) is 9. The number of rotatable bonds is 5. The number of allylic oxidation sites excluding steroid dienone is 1. The van der Waals surface area contributed by atoms with Gasteiger partial charge in [-0.15, -0.1) is 0 Å². The van der Waals surface area contributed by atoms with E-state index in [0.29, 0.717) is 47.1 Å². The van der Waals surface area contributed by atoms with Crippen molar-refractivity contribution in [2.45, 2.75) is 109 Å². The Kier molecular flexibility index (Phi) is 10.1. The number of carbonyl (C=O) groups is 2. The maximum absolute atomic E-state index is 14.2. The molecule has 3 aromatic rings. The zero-order valence-corrected chi connectivity index (χ0v) is 29.3. The Balaban J connectivity index is 1.49. The van der Waals surface area contributed by atoms with Gasteiger partial charge in [0.2, 0.25) is 0 Å². The Morgan fingerprint density at radius 2 is 1.67 bits per heavy atom. The van der Waals surface area contributed by atoms with Gasteiger partial charge in [0.25, 0.3) is 0 Å². The van der Waals surface area contributed by atoms with E-state index in [4.69, 9.17) is 23.4 Å². The molecule has 9 heteroatoms. The third kappa shape index (κ3) is 7.19. The first-order chi connectivity index (χ1) is 23.4. The van der Waals surface area contributed by atoms with Crippen LogP contribution in [0.5, 0.6) is 5.75 Å². The zero-order valence-electron chi connectivity index (χ0n) is 29.3. The molecule has 1 spiro atoms. The Bertz CT molecular complexity index is 1780.